The largest absolute Gasteiger partial charge is 0.497 e. The van der Waals surface area contributed by atoms with Crippen molar-refractivity contribution in [3.63, 3.8) is 0 Å². The van der Waals surface area contributed by atoms with Crippen molar-refractivity contribution in [2.75, 3.05) is 12.4 Å². The molecule has 1 aromatic heterocycles. The Morgan fingerprint density at radius 1 is 1.08 bits per heavy atom. The lowest BCUT2D eigenvalue weighted by molar-refractivity contribution is -0.110. The van der Waals surface area contributed by atoms with Crippen LogP contribution in [-0.2, 0) is 11.8 Å². The van der Waals surface area contributed by atoms with Crippen LogP contribution in [0.1, 0.15) is 5.56 Å². The Hall–Kier alpha value is -3.19. The molecule has 0 radical (unpaired) electrons. The van der Waals surface area contributed by atoms with E-state index in [1.165, 1.54) is 11.3 Å². The number of nitrogens with zero attached hydrogens (tertiary/aromatic N) is 3. The molecule has 1 N–H and O–H groups in total. The Labute approximate surface area is 154 Å². The number of ether oxygens (including phenoxy) is 1. The zero-order valence-corrected chi connectivity index (χ0v) is 15.1. The van der Waals surface area contributed by atoms with Crippen molar-refractivity contribution >= 4 is 28.6 Å². The van der Waals surface area contributed by atoms with E-state index in [-0.39, 0.29) is 5.91 Å². The number of rotatable bonds is 3. The summed E-state index contributed by atoms with van der Waals surface area (Å²) in [5.41, 5.74) is 3.95. The molecule has 0 saturated carbocycles. The van der Waals surface area contributed by atoms with Crippen LogP contribution >= 0.6 is 11.3 Å². The van der Waals surface area contributed by atoms with E-state index in [9.17, 15) is 4.79 Å². The fraction of sp³-hybridized carbons (Fsp3) is 0.105. The zero-order chi connectivity index (χ0) is 18.1. The maximum atomic E-state index is 12.1. The minimum Gasteiger partial charge on any atom is -0.497 e. The van der Waals surface area contributed by atoms with Gasteiger partial charge >= 0.3 is 0 Å². The van der Waals surface area contributed by atoms with Gasteiger partial charge in [-0.2, -0.15) is 0 Å². The number of nitrogens with one attached hydrogen (secondary N) is 1. The van der Waals surface area contributed by atoms with E-state index in [4.69, 9.17) is 4.74 Å². The molecular weight excluding hydrogens is 348 g/mol. The van der Waals surface area contributed by atoms with Gasteiger partial charge in [-0.3, -0.25) is 4.79 Å². The van der Waals surface area contributed by atoms with Crippen molar-refractivity contribution < 1.29 is 9.53 Å². The van der Waals surface area contributed by atoms with E-state index < -0.39 is 0 Å². The van der Waals surface area contributed by atoms with E-state index in [2.05, 4.69) is 15.5 Å². The van der Waals surface area contributed by atoms with Crippen LogP contribution in [-0.4, -0.2) is 23.3 Å². The second-order valence-electron chi connectivity index (χ2n) is 5.74. The van der Waals surface area contributed by atoms with Gasteiger partial charge in [0.2, 0.25) is 4.80 Å². The third-order valence-corrected chi connectivity index (χ3v) is 5.10. The maximum absolute atomic E-state index is 12.1. The van der Waals surface area contributed by atoms with Gasteiger partial charge in [0.25, 0.3) is 5.91 Å². The number of carbonyl (C=O) groups excluding carboxylic acids is 1. The molecule has 0 spiro atoms. The molecule has 26 heavy (non-hydrogen) atoms. The molecule has 0 unspecified atom stereocenters. The topological polar surface area (TPSA) is 68.0 Å². The first kappa shape index (κ1) is 16.3. The predicted octanol–water partition coefficient (Wildman–Crippen LogP) is 3.02. The van der Waals surface area contributed by atoms with Crippen LogP contribution < -0.4 is 14.9 Å². The average Bonchev–Trinajstić information content (AvgIpc) is 3.19. The molecular formula is C19H16N4O2S. The normalized spacial score (nSPS) is 15.2. The van der Waals surface area contributed by atoms with Crippen LogP contribution in [0.5, 0.6) is 5.75 Å². The summed E-state index contributed by atoms with van der Waals surface area (Å²) in [6, 6.07) is 15.3. The van der Waals surface area contributed by atoms with Gasteiger partial charge in [0.1, 0.15) is 5.75 Å². The Morgan fingerprint density at radius 2 is 1.85 bits per heavy atom. The summed E-state index contributed by atoms with van der Waals surface area (Å²) < 4.78 is 7.15. The first-order valence-electron chi connectivity index (χ1n) is 7.99. The van der Waals surface area contributed by atoms with E-state index in [1.54, 1.807) is 7.11 Å². The van der Waals surface area contributed by atoms with E-state index >= 15 is 0 Å². The first-order chi connectivity index (χ1) is 12.7. The number of fused-ring (bicyclic) bond motifs is 1. The van der Waals surface area contributed by atoms with Crippen molar-refractivity contribution in [3.05, 3.63) is 64.3 Å². The standard InChI is InChI=1S/C19H16N4O2S/c1-23-16(12-7-9-13(25-2)10-8-12)11-26-19(23)22-21-17-14-5-3-4-6-15(14)20-18(17)24/h3-11H,1-2H3,(H,20,21,24)/b22-19-. The molecule has 4 rings (SSSR count). The second kappa shape index (κ2) is 6.61. The maximum Gasteiger partial charge on any atom is 0.276 e. The summed E-state index contributed by atoms with van der Waals surface area (Å²) >= 11 is 1.47. The highest BCUT2D eigenvalue weighted by Gasteiger charge is 2.25. The number of anilines is 1. The summed E-state index contributed by atoms with van der Waals surface area (Å²) in [6.07, 6.45) is 0. The van der Waals surface area contributed by atoms with Crippen molar-refractivity contribution in [3.8, 4) is 17.0 Å². The highest BCUT2D eigenvalue weighted by atomic mass is 32.1. The van der Waals surface area contributed by atoms with Crippen molar-refractivity contribution in [1.29, 1.82) is 0 Å². The van der Waals surface area contributed by atoms with Crippen LogP contribution in [0.15, 0.2) is 64.1 Å². The summed E-state index contributed by atoms with van der Waals surface area (Å²) in [4.78, 5) is 12.8. The molecule has 0 fully saturated rings. The predicted molar refractivity (Wildman–Crippen MR) is 102 cm³/mol. The summed E-state index contributed by atoms with van der Waals surface area (Å²) in [5, 5.41) is 13.3. The fourth-order valence-corrected chi connectivity index (χ4v) is 3.63. The monoisotopic (exact) mass is 364 g/mol. The number of aromatic nitrogens is 1. The Kier molecular flexibility index (Phi) is 4.14. The van der Waals surface area contributed by atoms with Crippen LogP contribution in [0.4, 0.5) is 5.69 Å². The Balaban J connectivity index is 1.71. The number of hydrogen-bond donors (Lipinski definition) is 1. The lowest BCUT2D eigenvalue weighted by atomic mass is 10.1. The quantitative estimate of drug-likeness (QED) is 0.726. The zero-order valence-electron chi connectivity index (χ0n) is 14.3. The number of carbonyl (C=O) groups is 1. The molecule has 1 aliphatic rings. The second-order valence-corrected chi connectivity index (χ2v) is 6.58. The highest BCUT2D eigenvalue weighted by molar-refractivity contribution is 7.07. The third kappa shape index (κ3) is 2.82. The van der Waals surface area contributed by atoms with E-state index in [0.29, 0.717) is 10.5 Å². The molecule has 2 aromatic carbocycles. The van der Waals surface area contributed by atoms with E-state index in [1.807, 2.05) is 65.5 Å². The lowest BCUT2D eigenvalue weighted by Gasteiger charge is -2.04. The SMILES string of the molecule is COc1ccc(-c2cs/c(=N\N=C3\C(=O)Nc4ccccc43)n2C)cc1. The van der Waals surface area contributed by atoms with Gasteiger partial charge in [-0.15, -0.1) is 21.5 Å². The molecule has 0 atom stereocenters. The molecule has 2 heterocycles. The van der Waals surface area contributed by atoms with Crippen LogP contribution in [0.25, 0.3) is 11.3 Å². The molecule has 3 aromatic rings. The van der Waals surface area contributed by atoms with Gasteiger partial charge in [0.05, 0.1) is 18.5 Å². The van der Waals surface area contributed by atoms with Crippen LogP contribution in [0.3, 0.4) is 0 Å². The Morgan fingerprint density at radius 3 is 2.62 bits per heavy atom. The summed E-state index contributed by atoms with van der Waals surface area (Å²) in [7, 11) is 3.57. The minimum atomic E-state index is -0.232. The van der Waals surface area contributed by atoms with Crippen molar-refractivity contribution in [2.45, 2.75) is 0 Å². The fourth-order valence-electron chi connectivity index (χ4n) is 2.78. The summed E-state index contributed by atoms with van der Waals surface area (Å²) in [6.45, 7) is 0. The van der Waals surface area contributed by atoms with Gasteiger partial charge < -0.3 is 14.6 Å². The summed E-state index contributed by atoms with van der Waals surface area (Å²) in [5.74, 6) is 0.582. The lowest BCUT2D eigenvalue weighted by Crippen LogP contribution is -2.15. The number of para-hydroxylation sites is 1. The first-order valence-corrected chi connectivity index (χ1v) is 8.87. The molecule has 130 valence electrons. The molecule has 0 bridgehead atoms. The molecule has 0 saturated heterocycles. The molecule has 0 aliphatic carbocycles. The highest BCUT2D eigenvalue weighted by Crippen LogP contribution is 2.24. The van der Waals surface area contributed by atoms with Gasteiger partial charge in [-0.05, 0) is 35.9 Å². The number of thiazole rings is 1. The number of hydrogen-bond acceptors (Lipinski definition) is 5. The van der Waals surface area contributed by atoms with Crippen LogP contribution in [0.2, 0.25) is 0 Å². The van der Waals surface area contributed by atoms with Gasteiger partial charge in [0, 0.05) is 18.0 Å². The molecule has 1 aliphatic heterocycles. The smallest absolute Gasteiger partial charge is 0.276 e. The third-order valence-electron chi connectivity index (χ3n) is 4.19. The van der Waals surface area contributed by atoms with Crippen molar-refractivity contribution in [1.82, 2.24) is 4.57 Å². The van der Waals surface area contributed by atoms with Crippen molar-refractivity contribution in [2.24, 2.45) is 17.3 Å². The van der Waals surface area contributed by atoms with Crippen LogP contribution in [0, 0.1) is 0 Å². The van der Waals surface area contributed by atoms with E-state index in [0.717, 1.165) is 28.3 Å². The number of amides is 1. The van der Waals surface area contributed by atoms with Gasteiger partial charge in [-0.1, -0.05) is 18.2 Å². The Bertz CT molecular complexity index is 1080. The average molecular weight is 364 g/mol. The molecule has 1 amide bonds. The number of methoxy groups -OCH3 is 1. The number of benzene rings is 2. The molecule has 6 nitrogen and oxygen atoms in total. The van der Waals surface area contributed by atoms with Gasteiger partial charge in [0.15, 0.2) is 5.71 Å². The molecule has 7 heteroatoms. The van der Waals surface area contributed by atoms with Gasteiger partial charge in [-0.25, -0.2) is 0 Å². The minimum absolute atomic E-state index is 0.232.